The van der Waals surface area contributed by atoms with Crippen LogP contribution in [0.25, 0.3) is 11.3 Å². The Morgan fingerprint density at radius 1 is 1.07 bits per heavy atom. The number of halogens is 1. The van der Waals surface area contributed by atoms with Crippen LogP contribution in [0.1, 0.15) is 23.0 Å². The molecule has 28 heavy (non-hydrogen) atoms. The zero-order valence-corrected chi connectivity index (χ0v) is 15.2. The second-order valence-corrected chi connectivity index (χ2v) is 5.96. The van der Waals surface area contributed by atoms with Gasteiger partial charge in [-0.25, -0.2) is 4.39 Å². The van der Waals surface area contributed by atoms with Gasteiger partial charge >= 0.3 is 0 Å². The fourth-order valence-electron chi connectivity index (χ4n) is 2.50. The van der Waals surface area contributed by atoms with E-state index in [1.165, 1.54) is 25.1 Å². The number of nitrogens with zero attached hydrogens (tertiary/aromatic N) is 1. The number of rotatable bonds is 5. The Kier molecular flexibility index (Phi) is 5.69. The molecule has 0 radical (unpaired) electrons. The minimum Gasteiger partial charge on any atom is -0.478 e. The van der Waals surface area contributed by atoms with Crippen LogP contribution in [-0.2, 0) is 4.79 Å². The first kappa shape index (κ1) is 19.1. The molecule has 0 aliphatic carbocycles. The highest BCUT2D eigenvalue weighted by atomic mass is 19.1. The van der Waals surface area contributed by atoms with Crippen LogP contribution < -0.4 is 15.6 Å². The van der Waals surface area contributed by atoms with Gasteiger partial charge in [0.15, 0.2) is 17.7 Å². The monoisotopic (exact) mass is 383 g/mol. The van der Waals surface area contributed by atoms with E-state index in [1.54, 1.807) is 25.1 Å². The SMILES string of the molecule is Cc1onc(-c2ccccc2)c1C(=O)NNC(=O)C(C)Oc1ccccc1F. The van der Waals surface area contributed by atoms with Crippen LogP contribution in [0.3, 0.4) is 0 Å². The van der Waals surface area contributed by atoms with Gasteiger partial charge in [-0.05, 0) is 26.0 Å². The summed E-state index contributed by atoms with van der Waals surface area (Å²) in [5, 5.41) is 3.92. The van der Waals surface area contributed by atoms with Crippen molar-refractivity contribution in [3.8, 4) is 17.0 Å². The van der Waals surface area contributed by atoms with Gasteiger partial charge in [0.05, 0.1) is 0 Å². The van der Waals surface area contributed by atoms with Gasteiger partial charge in [-0.1, -0.05) is 47.6 Å². The molecule has 0 saturated carbocycles. The lowest BCUT2D eigenvalue weighted by Crippen LogP contribution is -2.47. The molecule has 0 spiro atoms. The molecule has 144 valence electrons. The highest BCUT2D eigenvalue weighted by Gasteiger charge is 2.23. The summed E-state index contributed by atoms with van der Waals surface area (Å²) in [5.41, 5.74) is 5.83. The second-order valence-electron chi connectivity index (χ2n) is 5.96. The fourth-order valence-corrected chi connectivity index (χ4v) is 2.50. The lowest BCUT2D eigenvalue weighted by atomic mass is 10.1. The fraction of sp³-hybridized carbons (Fsp3) is 0.150. The standard InChI is InChI=1S/C20H18FN3O4/c1-12-17(18(24-28-12)14-8-4-3-5-9-14)20(26)23-22-19(25)13(2)27-16-11-7-6-10-15(16)21/h3-11,13H,1-2H3,(H,22,25)(H,23,26). The first-order valence-corrected chi connectivity index (χ1v) is 8.50. The third kappa shape index (κ3) is 4.17. The summed E-state index contributed by atoms with van der Waals surface area (Å²) >= 11 is 0. The highest BCUT2D eigenvalue weighted by Crippen LogP contribution is 2.24. The molecule has 8 heteroatoms. The molecule has 2 aromatic carbocycles. The van der Waals surface area contributed by atoms with E-state index >= 15 is 0 Å². The number of benzene rings is 2. The van der Waals surface area contributed by atoms with Gasteiger partial charge in [0, 0.05) is 5.56 Å². The van der Waals surface area contributed by atoms with Crippen molar-refractivity contribution in [3.63, 3.8) is 0 Å². The van der Waals surface area contributed by atoms with Gasteiger partial charge in [-0.3, -0.25) is 20.4 Å². The van der Waals surface area contributed by atoms with Crippen molar-refractivity contribution in [3.05, 3.63) is 71.7 Å². The van der Waals surface area contributed by atoms with E-state index in [0.717, 1.165) is 0 Å². The van der Waals surface area contributed by atoms with Gasteiger partial charge in [0.2, 0.25) is 0 Å². The molecule has 7 nitrogen and oxygen atoms in total. The number of aryl methyl sites for hydroxylation is 1. The highest BCUT2D eigenvalue weighted by molar-refractivity contribution is 6.01. The van der Waals surface area contributed by atoms with Crippen LogP contribution in [0.15, 0.2) is 59.1 Å². The molecule has 3 rings (SSSR count). The van der Waals surface area contributed by atoms with Gasteiger partial charge in [-0.2, -0.15) is 0 Å². The Morgan fingerprint density at radius 3 is 2.46 bits per heavy atom. The van der Waals surface area contributed by atoms with Crippen LogP contribution >= 0.6 is 0 Å². The number of para-hydroxylation sites is 1. The molecule has 1 aromatic heterocycles. The Hall–Kier alpha value is -3.68. The Labute approximate surface area is 160 Å². The smallest absolute Gasteiger partial charge is 0.279 e. The number of aromatic nitrogens is 1. The molecular weight excluding hydrogens is 365 g/mol. The van der Waals surface area contributed by atoms with Crippen molar-refractivity contribution in [2.24, 2.45) is 0 Å². The van der Waals surface area contributed by atoms with Crippen LogP contribution in [0, 0.1) is 12.7 Å². The maximum absolute atomic E-state index is 13.6. The minimum absolute atomic E-state index is 0.0577. The number of hydrogen-bond donors (Lipinski definition) is 2. The van der Waals surface area contributed by atoms with E-state index in [1.807, 2.05) is 18.2 Å². The first-order valence-electron chi connectivity index (χ1n) is 8.50. The molecule has 0 saturated heterocycles. The maximum Gasteiger partial charge on any atom is 0.279 e. The van der Waals surface area contributed by atoms with Gasteiger partial charge in [0.1, 0.15) is 17.0 Å². The van der Waals surface area contributed by atoms with Crippen LogP contribution in [0.2, 0.25) is 0 Å². The summed E-state index contributed by atoms with van der Waals surface area (Å²) in [7, 11) is 0. The molecule has 2 amide bonds. The van der Waals surface area contributed by atoms with Crippen molar-refractivity contribution < 1.29 is 23.2 Å². The number of amides is 2. The van der Waals surface area contributed by atoms with Crippen molar-refractivity contribution in [1.29, 1.82) is 0 Å². The second kappa shape index (κ2) is 8.34. The maximum atomic E-state index is 13.6. The van der Waals surface area contributed by atoms with Gasteiger partial charge in [0.25, 0.3) is 11.8 Å². The van der Waals surface area contributed by atoms with E-state index in [4.69, 9.17) is 9.26 Å². The quantitative estimate of drug-likeness (QED) is 0.661. The Morgan fingerprint density at radius 2 is 1.75 bits per heavy atom. The van der Waals surface area contributed by atoms with Crippen molar-refractivity contribution in [2.45, 2.75) is 20.0 Å². The Balaban J connectivity index is 1.65. The van der Waals surface area contributed by atoms with E-state index in [2.05, 4.69) is 16.0 Å². The molecule has 0 fully saturated rings. The molecule has 0 bridgehead atoms. The number of hydrogen-bond acceptors (Lipinski definition) is 5. The molecule has 1 heterocycles. The minimum atomic E-state index is -1.03. The number of carbonyl (C=O) groups excluding carboxylic acids is 2. The largest absolute Gasteiger partial charge is 0.478 e. The predicted octanol–water partition coefficient (Wildman–Crippen LogP) is 3.02. The van der Waals surface area contributed by atoms with Crippen molar-refractivity contribution in [2.75, 3.05) is 0 Å². The van der Waals surface area contributed by atoms with Crippen LogP contribution in [0.4, 0.5) is 4.39 Å². The molecule has 0 aliphatic heterocycles. The molecular formula is C20H18FN3O4. The molecule has 1 atom stereocenters. The topological polar surface area (TPSA) is 93.5 Å². The summed E-state index contributed by atoms with van der Waals surface area (Å²) < 4.78 is 24.0. The number of hydrazine groups is 1. The summed E-state index contributed by atoms with van der Waals surface area (Å²) in [4.78, 5) is 24.7. The van der Waals surface area contributed by atoms with E-state index in [-0.39, 0.29) is 11.3 Å². The average Bonchev–Trinajstić information content (AvgIpc) is 3.09. The normalized spacial score (nSPS) is 11.5. The lowest BCUT2D eigenvalue weighted by Gasteiger charge is -2.15. The molecule has 1 unspecified atom stereocenters. The van der Waals surface area contributed by atoms with E-state index in [0.29, 0.717) is 17.0 Å². The Bertz CT molecular complexity index is 988. The average molecular weight is 383 g/mol. The number of nitrogens with one attached hydrogen (secondary N) is 2. The number of ether oxygens (including phenoxy) is 1. The van der Waals surface area contributed by atoms with E-state index < -0.39 is 23.7 Å². The number of carbonyl (C=O) groups is 2. The van der Waals surface area contributed by atoms with E-state index in [9.17, 15) is 14.0 Å². The third-order valence-electron chi connectivity index (χ3n) is 3.95. The first-order chi connectivity index (χ1) is 13.5. The van der Waals surface area contributed by atoms with Crippen LogP contribution in [-0.4, -0.2) is 23.1 Å². The summed E-state index contributed by atoms with van der Waals surface area (Å²) in [5.74, 6) is -1.58. The zero-order chi connectivity index (χ0) is 20.1. The lowest BCUT2D eigenvalue weighted by molar-refractivity contribution is -0.128. The molecule has 2 N–H and O–H groups in total. The summed E-state index contributed by atoms with van der Waals surface area (Å²) in [6, 6.07) is 14.8. The van der Waals surface area contributed by atoms with Crippen molar-refractivity contribution in [1.82, 2.24) is 16.0 Å². The third-order valence-corrected chi connectivity index (χ3v) is 3.95. The molecule has 3 aromatic rings. The molecule has 0 aliphatic rings. The van der Waals surface area contributed by atoms with Crippen LogP contribution in [0.5, 0.6) is 5.75 Å². The zero-order valence-electron chi connectivity index (χ0n) is 15.2. The summed E-state index contributed by atoms with van der Waals surface area (Å²) in [6.07, 6.45) is -1.03. The van der Waals surface area contributed by atoms with Crippen molar-refractivity contribution >= 4 is 11.8 Å². The predicted molar refractivity (Wildman–Crippen MR) is 98.8 cm³/mol. The van der Waals surface area contributed by atoms with Gasteiger partial charge in [-0.15, -0.1) is 0 Å². The summed E-state index contributed by atoms with van der Waals surface area (Å²) in [6.45, 7) is 3.04. The van der Waals surface area contributed by atoms with Gasteiger partial charge < -0.3 is 9.26 Å².